The highest BCUT2D eigenvalue weighted by Crippen LogP contribution is 2.41. The van der Waals surface area contributed by atoms with E-state index in [0.717, 1.165) is 47.0 Å². The number of nitrogens with zero attached hydrogens (tertiary/aromatic N) is 2. The molecule has 0 spiro atoms. The summed E-state index contributed by atoms with van der Waals surface area (Å²) in [7, 11) is 0. The Hall–Kier alpha value is -3.14. The van der Waals surface area contributed by atoms with E-state index >= 15 is 0 Å². The van der Waals surface area contributed by atoms with Crippen LogP contribution in [0.4, 0.5) is 0 Å². The number of rotatable bonds is 3. The van der Waals surface area contributed by atoms with Gasteiger partial charge in [-0.3, -0.25) is 4.98 Å². The summed E-state index contributed by atoms with van der Waals surface area (Å²) in [6.07, 6.45) is 10.8. The SMILES string of the molecule is c1ccc(-c2nc(-c3ccco3)c(-c3ccco3)c3c2CCCCC3)nc1. The first-order valence-corrected chi connectivity index (χ1v) is 9.47. The van der Waals surface area contributed by atoms with E-state index in [2.05, 4.69) is 4.98 Å². The lowest BCUT2D eigenvalue weighted by Gasteiger charge is -2.18. The maximum Gasteiger partial charge on any atom is 0.153 e. The number of furan rings is 2. The molecule has 27 heavy (non-hydrogen) atoms. The minimum absolute atomic E-state index is 0.755. The van der Waals surface area contributed by atoms with Gasteiger partial charge in [-0.15, -0.1) is 0 Å². The van der Waals surface area contributed by atoms with Gasteiger partial charge in [0.2, 0.25) is 0 Å². The third-order valence-corrected chi connectivity index (χ3v) is 5.20. The molecular formula is C23H20N2O2. The largest absolute Gasteiger partial charge is 0.464 e. The molecule has 0 saturated heterocycles. The Morgan fingerprint density at radius 2 is 1.48 bits per heavy atom. The molecule has 0 aromatic carbocycles. The Bertz CT molecular complexity index is 1040. The highest BCUT2D eigenvalue weighted by molar-refractivity contribution is 5.83. The molecule has 4 aromatic rings. The summed E-state index contributed by atoms with van der Waals surface area (Å²) in [6, 6.07) is 13.8. The number of hydrogen-bond donors (Lipinski definition) is 0. The van der Waals surface area contributed by atoms with Crippen molar-refractivity contribution in [2.45, 2.75) is 32.1 Å². The second-order valence-corrected chi connectivity index (χ2v) is 6.87. The van der Waals surface area contributed by atoms with Crippen molar-refractivity contribution in [2.75, 3.05) is 0 Å². The van der Waals surface area contributed by atoms with E-state index in [1.807, 2.05) is 48.7 Å². The van der Waals surface area contributed by atoms with Crippen LogP contribution in [0.2, 0.25) is 0 Å². The lowest BCUT2D eigenvalue weighted by Crippen LogP contribution is -2.05. The first kappa shape index (κ1) is 16.1. The van der Waals surface area contributed by atoms with Gasteiger partial charge in [0, 0.05) is 6.20 Å². The number of aromatic nitrogens is 2. The van der Waals surface area contributed by atoms with Crippen molar-refractivity contribution < 1.29 is 8.83 Å². The van der Waals surface area contributed by atoms with Gasteiger partial charge in [-0.2, -0.15) is 0 Å². The normalized spacial score (nSPS) is 13.9. The number of pyridine rings is 2. The van der Waals surface area contributed by atoms with Crippen LogP contribution in [0.3, 0.4) is 0 Å². The van der Waals surface area contributed by atoms with E-state index in [0.29, 0.717) is 0 Å². The quantitative estimate of drug-likeness (QED) is 0.427. The number of fused-ring (bicyclic) bond motifs is 1. The smallest absolute Gasteiger partial charge is 0.153 e. The molecule has 0 fully saturated rings. The predicted octanol–water partition coefficient (Wildman–Crippen LogP) is 5.93. The van der Waals surface area contributed by atoms with Gasteiger partial charge < -0.3 is 8.83 Å². The third kappa shape index (κ3) is 2.87. The molecule has 0 atom stereocenters. The summed E-state index contributed by atoms with van der Waals surface area (Å²) in [5, 5.41) is 0. The van der Waals surface area contributed by atoms with Crippen molar-refractivity contribution in [2.24, 2.45) is 0 Å². The minimum Gasteiger partial charge on any atom is -0.464 e. The lowest BCUT2D eigenvalue weighted by molar-refractivity contribution is 0.573. The van der Waals surface area contributed by atoms with Crippen LogP contribution in [0.25, 0.3) is 34.2 Å². The molecule has 0 unspecified atom stereocenters. The van der Waals surface area contributed by atoms with Gasteiger partial charge in [-0.1, -0.05) is 12.5 Å². The molecule has 4 heteroatoms. The van der Waals surface area contributed by atoms with Crippen LogP contribution in [0, 0.1) is 0 Å². The molecule has 0 amide bonds. The number of hydrogen-bond acceptors (Lipinski definition) is 4. The second kappa shape index (κ2) is 6.88. The highest BCUT2D eigenvalue weighted by Gasteiger charge is 2.26. The van der Waals surface area contributed by atoms with Crippen LogP contribution in [-0.2, 0) is 12.8 Å². The van der Waals surface area contributed by atoms with Crippen molar-refractivity contribution in [3.63, 3.8) is 0 Å². The Labute approximate surface area is 157 Å². The molecule has 0 saturated carbocycles. The average Bonchev–Trinajstić information content (AvgIpc) is 3.38. The van der Waals surface area contributed by atoms with Crippen molar-refractivity contribution in [3.8, 4) is 34.2 Å². The van der Waals surface area contributed by atoms with Gasteiger partial charge in [0.25, 0.3) is 0 Å². The summed E-state index contributed by atoms with van der Waals surface area (Å²) in [4.78, 5) is 9.67. The molecule has 134 valence electrons. The fourth-order valence-electron chi connectivity index (χ4n) is 3.99. The van der Waals surface area contributed by atoms with E-state index in [9.17, 15) is 0 Å². The van der Waals surface area contributed by atoms with Gasteiger partial charge in [-0.05, 0) is 73.2 Å². The maximum absolute atomic E-state index is 5.81. The molecule has 0 aliphatic heterocycles. The summed E-state index contributed by atoms with van der Waals surface area (Å²) in [5.41, 5.74) is 6.39. The summed E-state index contributed by atoms with van der Waals surface area (Å²) in [5.74, 6) is 1.60. The third-order valence-electron chi connectivity index (χ3n) is 5.20. The van der Waals surface area contributed by atoms with E-state index in [-0.39, 0.29) is 0 Å². The zero-order chi connectivity index (χ0) is 18.1. The topological polar surface area (TPSA) is 52.1 Å². The van der Waals surface area contributed by atoms with Crippen LogP contribution >= 0.6 is 0 Å². The molecule has 1 aliphatic rings. The average molecular weight is 356 g/mol. The van der Waals surface area contributed by atoms with Crippen LogP contribution in [0.5, 0.6) is 0 Å². The van der Waals surface area contributed by atoms with Gasteiger partial charge in [0.1, 0.15) is 11.5 Å². The van der Waals surface area contributed by atoms with E-state index < -0.39 is 0 Å². The van der Waals surface area contributed by atoms with Crippen molar-refractivity contribution in [3.05, 3.63) is 72.3 Å². The summed E-state index contributed by atoms with van der Waals surface area (Å²) in [6.45, 7) is 0. The van der Waals surface area contributed by atoms with Crippen molar-refractivity contribution in [1.29, 1.82) is 0 Å². The zero-order valence-electron chi connectivity index (χ0n) is 15.0. The Morgan fingerprint density at radius 1 is 0.704 bits per heavy atom. The monoisotopic (exact) mass is 356 g/mol. The maximum atomic E-state index is 5.81. The Kier molecular flexibility index (Phi) is 4.09. The summed E-state index contributed by atoms with van der Waals surface area (Å²) < 4.78 is 11.6. The highest BCUT2D eigenvalue weighted by atomic mass is 16.3. The first-order valence-electron chi connectivity index (χ1n) is 9.47. The first-order chi connectivity index (χ1) is 13.4. The van der Waals surface area contributed by atoms with Crippen LogP contribution in [-0.4, -0.2) is 9.97 Å². The molecule has 0 bridgehead atoms. The predicted molar refractivity (Wildman–Crippen MR) is 104 cm³/mol. The molecular weight excluding hydrogens is 336 g/mol. The Morgan fingerprint density at radius 3 is 2.19 bits per heavy atom. The van der Waals surface area contributed by atoms with Crippen LogP contribution in [0.1, 0.15) is 30.4 Å². The van der Waals surface area contributed by atoms with Gasteiger partial charge >= 0.3 is 0 Å². The standard InChI is InChI=1S/C23H20N2O2/c1-2-8-16-17(9-3-1)22(18-10-4-5-13-24-18)25-23(20-12-7-15-27-20)21(16)19-11-6-14-26-19/h4-7,10-15H,1-3,8-9H2. The fourth-order valence-corrected chi connectivity index (χ4v) is 3.99. The molecule has 5 rings (SSSR count). The summed E-state index contributed by atoms with van der Waals surface area (Å²) >= 11 is 0. The molecule has 0 radical (unpaired) electrons. The molecule has 4 nitrogen and oxygen atoms in total. The van der Waals surface area contributed by atoms with Crippen LogP contribution < -0.4 is 0 Å². The van der Waals surface area contributed by atoms with E-state index in [1.165, 1.54) is 30.4 Å². The van der Waals surface area contributed by atoms with Gasteiger partial charge in [-0.25, -0.2) is 4.98 Å². The Balaban J connectivity index is 1.86. The second-order valence-electron chi connectivity index (χ2n) is 6.87. The fraction of sp³-hybridized carbons (Fsp3) is 0.217. The van der Waals surface area contributed by atoms with E-state index in [1.54, 1.807) is 12.5 Å². The van der Waals surface area contributed by atoms with Crippen molar-refractivity contribution in [1.82, 2.24) is 9.97 Å². The molecule has 1 aliphatic carbocycles. The molecule has 0 N–H and O–H groups in total. The van der Waals surface area contributed by atoms with E-state index in [4.69, 9.17) is 13.8 Å². The van der Waals surface area contributed by atoms with Gasteiger partial charge in [0.15, 0.2) is 5.76 Å². The lowest BCUT2D eigenvalue weighted by atomic mass is 9.91. The molecule has 4 heterocycles. The van der Waals surface area contributed by atoms with Crippen LogP contribution in [0.15, 0.2) is 70.0 Å². The minimum atomic E-state index is 0.755. The van der Waals surface area contributed by atoms with Crippen molar-refractivity contribution >= 4 is 0 Å². The van der Waals surface area contributed by atoms with Gasteiger partial charge in [0.05, 0.1) is 29.5 Å². The zero-order valence-corrected chi connectivity index (χ0v) is 15.0. The molecule has 4 aromatic heterocycles.